The predicted molar refractivity (Wildman–Crippen MR) is 66.3 cm³/mol. The van der Waals surface area contributed by atoms with Gasteiger partial charge in [-0.15, -0.1) is 0 Å². The smallest absolute Gasteiger partial charge is 0.337 e. The molecule has 0 aromatic carbocycles. The first kappa shape index (κ1) is 12.0. The molecule has 0 saturated carbocycles. The van der Waals surface area contributed by atoms with Crippen molar-refractivity contribution in [3.63, 3.8) is 0 Å². The van der Waals surface area contributed by atoms with E-state index in [0.717, 1.165) is 5.69 Å². The van der Waals surface area contributed by atoms with Gasteiger partial charge in [0.1, 0.15) is 0 Å². The molecule has 0 unspecified atom stereocenters. The Kier molecular flexibility index (Phi) is 2.97. The first-order valence-corrected chi connectivity index (χ1v) is 5.39. The fourth-order valence-corrected chi connectivity index (χ4v) is 1.74. The molecule has 0 bridgehead atoms. The van der Waals surface area contributed by atoms with Crippen LogP contribution in [0.25, 0.3) is 5.69 Å². The fourth-order valence-electron chi connectivity index (χ4n) is 1.74. The third-order valence-electron chi connectivity index (χ3n) is 2.61. The molecule has 0 radical (unpaired) electrons. The van der Waals surface area contributed by atoms with Crippen LogP contribution in [0.2, 0.25) is 0 Å². The van der Waals surface area contributed by atoms with Crippen molar-refractivity contribution in [3.8, 4) is 5.69 Å². The van der Waals surface area contributed by atoms with Gasteiger partial charge in [0, 0.05) is 18.0 Å². The Hall–Kier alpha value is -2.43. The average Bonchev–Trinajstić information content (AvgIpc) is 2.30. The van der Waals surface area contributed by atoms with E-state index in [1.54, 1.807) is 19.1 Å². The Morgan fingerprint density at radius 3 is 2.56 bits per heavy atom. The monoisotopic (exact) mass is 244 g/mol. The number of carbonyl (C=O) groups is 1. The van der Waals surface area contributed by atoms with Crippen LogP contribution in [0, 0.1) is 13.8 Å². The van der Waals surface area contributed by atoms with Gasteiger partial charge in [-0.3, -0.25) is 14.3 Å². The van der Waals surface area contributed by atoms with E-state index < -0.39 is 5.97 Å². The number of hydrogen-bond donors (Lipinski definition) is 1. The zero-order valence-corrected chi connectivity index (χ0v) is 10.0. The van der Waals surface area contributed by atoms with Crippen LogP contribution in [0.3, 0.4) is 0 Å². The van der Waals surface area contributed by atoms with Gasteiger partial charge in [0.2, 0.25) is 0 Å². The van der Waals surface area contributed by atoms with Crippen LogP contribution >= 0.6 is 0 Å². The highest BCUT2D eigenvalue weighted by atomic mass is 16.4. The van der Waals surface area contributed by atoms with Gasteiger partial charge in [-0.2, -0.15) is 0 Å². The van der Waals surface area contributed by atoms with Gasteiger partial charge < -0.3 is 5.11 Å². The van der Waals surface area contributed by atoms with E-state index in [4.69, 9.17) is 5.11 Å². The molecule has 0 fully saturated rings. The van der Waals surface area contributed by atoms with E-state index in [-0.39, 0.29) is 11.1 Å². The number of carboxylic acids is 1. The topological polar surface area (TPSA) is 72.2 Å². The number of rotatable bonds is 2. The SMILES string of the molecule is Cc1ccc(-n2cc(C(=O)O)ccc2=O)c(C)n1. The lowest BCUT2D eigenvalue weighted by molar-refractivity contribution is 0.0696. The van der Waals surface area contributed by atoms with Gasteiger partial charge in [0.15, 0.2) is 0 Å². The molecule has 92 valence electrons. The summed E-state index contributed by atoms with van der Waals surface area (Å²) in [5.74, 6) is -1.07. The first-order valence-electron chi connectivity index (χ1n) is 5.39. The molecule has 2 aromatic rings. The molecular weight excluding hydrogens is 232 g/mol. The summed E-state index contributed by atoms with van der Waals surface area (Å²) in [7, 11) is 0. The number of pyridine rings is 2. The van der Waals surface area contributed by atoms with Crippen molar-refractivity contribution in [2.24, 2.45) is 0 Å². The quantitative estimate of drug-likeness (QED) is 0.869. The molecule has 0 amide bonds. The van der Waals surface area contributed by atoms with E-state index >= 15 is 0 Å². The van der Waals surface area contributed by atoms with E-state index in [1.165, 1.54) is 22.9 Å². The second kappa shape index (κ2) is 4.44. The highest BCUT2D eigenvalue weighted by Gasteiger charge is 2.09. The van der Waals surface area contributed by atoms with E-state index in [9.17, 15) is 9.59 Å². The number of aromatic nitrogens is 2. The Morgan fingerprint density at radius 1 is 1.22 bits per heavy atom. The Balaban J connectivity index is 2.66. The number of hydrogen-bond acceptors (Lipinski definition) is 3. The van der Waals surface area contributed by atoms with Crippen LogP contribution in [-0.4, -0.2) is 20.6 Å². The molecule has 5 heteroatoms. The zero-order valence-electron chi connectivity index (χ0n) is 10.0. The molecule has 18 heavy (non-hydrogen) atoms. The van der Waals surface area contributed by atoms with Crippen molar-refractivity contribution in [1.29, 1.82) is 0 Å². The first-order chi connectivity index (χ1) is 8.49. The Morgan fingerprint density at radius 2 is 1.94 bits per heavy atom. The molecule has 0 aliphatic heterocycles. The molecule has 5 nitrogen and oxygen atoms in total. The number of aryl methyl sites for hydroxylation is 2. The summed E-state index contributed by atoms with van der Waals surface area (Å²) in [4.78, 5) is 26.9. The van der Waals surface area contributed by atoms with Crippen molar-refractivity contribution >= 4 is 5.97 Å². The largest absolute Gasteiger partial charge is 0.478 e. The van der Waals surface area contributed by atoms with Crippen LogP contribution in [0.5, 0.6) is 0 Å². The van der Waals surface area contributed by atoms with Crippen LogP contribution < -0.4 is 5.56 Å². The van der Waals surface area contributed by atoms with Gasteiger partial charge in [-0.05, 0) is 32.0 Å². The van der Waals surface area contributed by atoms with Crippen molar-refractivity contribution in [2.75, 3.05) is 0 Å². The molecule has 2 heterocycles. The Labute approximate surface area is 103 Å². The maximum atomic E-state index is 11.8. The van der Waals surface area contributed by atoms with Crippen molar-refractivity contribution in [3.05, 3.63) is 57.8 Å². The lowest BCUT2D eigenvalue weighted by atomic mass is 10.2. The van der Waals surface area contributed by atoms with Crippen LogP contribution in [0.15, 0.2) is 35.3 Å². The molecule has 0 aliphatic carbocycles. The summed E-state index contributed by atoms with van der Waals surface area (Å²) in [6.45, 7) is 3.63. The molecule has 2 aromatic heterocycles. The lowest BCUT2D eigenvalue weighted by Crippen LogP contribution is -2.19. The maximum Gasteiger partial charge on any atom is 0.337 e. The molecule has 2 rings (SSSR count). The van der Waals surface area contributed by atoms with Gasteiger partial charge >= 0.3 is 5.97 Å². The normalized spacial score (nSPS) is 10.3. The van der Waals surface area contributed by atoms with Gasteiger partial charge in [-0.25, -0.2) is 4.79 Å². The zero-order chi connectivity index (χ0) is 13.3. The third-order valence-corrected chi connectivity index (χ3v) is 2.61. The summed E-state index contributed by atoms with van der Waals surface area (Å²) >= 11 is 0. The minimum absolute atomic E-state index is 0.0644. The summed E-state index contributed by atoms with van der Waals surface area (Å²) in [6.07, 6.45) is 1.31. The van der Waals surface area contributed by atoms with Gasteiger partial charge in [-0.1, -0.05) is 0 Å². The fraction of sp³-hybridized carbons (Fsp3) is 0.154. The highest BCUT2D eigenvalue weighted by Crippen LogP contribution is 2.11. The minimum atomic E-state index is -1.07. The number of aromatic carboxylic acids is 1. The molecular formula is C13H12N2O3. The van der Waals surface area contributed by atoms with Gasteiger partial charge in [0.05, 0.1) is 16.9 Å². The molecule has 0 saturated heterocycles. The van der Waals surface area contributed by atoms with E-state index in [2.05, 4.69) is 4.98 Å². The molecule has 1 N–H and O–H groups in total. The van der Waals surface area contributed by atoms with Crippen molar-refractivity contribution in [1.82, 2.24) is 9.55 Å². The average molecular weight is 244 g/mol. The van der Waals surface area contributed by atoms with Crippen LogP contribution in [-0.2, 0) is 0 Å². The molecule has 0 spiro atoms. The second-order valence-electron chi connectivity index (χ2n) is 3.99. The minimum Gasteiger partial charge on any atom is -0.478 e. The van der Waals surface area contributed by atoms with Crippen molar-refractivity contribution < 1.29 is 9.90 Å². The summed E-state index contributed by atoms with van der Waals surface area (Å²) < 4.78 is 1.30. The van der Waals surface area contributed by atoms with Crippen LogP contribution in [0.4, 0.5) is 0 Å². The maximum absolute atomic E-state index is 11.8. The molecule has 0 atom stereocenters. The van der Waals surface area contributed by atoms with E-state index in [1.807, 2.05) is 6.92 Å². The lowest BCUT2D eigenvalue weighted by Gasteiger charge is -2.09. The molecule has 0 aliphatic rings. The standard InChI is InChI=1S/C13H12N2O3/c1-8-3-5-11(9(2)14-8)15-7-10(13(17)18)4-6-12(15)16/h3-7H,1-2H3,(H,17,18). The highest BCUT2D eigenvalue weighted by molar-refractivity contribution is 5.87. The number of nitrogens with zero attached hydrogens (tertiary/aromatic N) is 2. The summed E-state index contributed by atoms with van der Waals surface area (Å²) in [5.41, 5.74) is 1.90. The third kappa shape index (κ3) is 2.15. The summed E-state index contributed by atoms with van der Waals surface area (Å²) in [6, 6.07) is 6.06. The van der Waals surface area contributed by atoms with Gasteiger partial charge in [0.25, 0.3) is 5.56 Å². The predicted octanol–water partition coefficient (Wildman–Crippen LogP) is 1.55. The summed E-state index contributed by atoms with van der Waals surface area (Å²) in [5, 5.41) is 8.93. The van der Waals surface area contributed by atoms with E-state index in [0.29, 0.717) is 11.4 Å². The van der Waals surface area contributed by atoms with Crippen molar-refractivity contribution in [2.45, 2.75) is 13.8 Å². The second-order valence-corrected chi connectivity index (χ2v) is 3.99. The van der Waals surface area contributed by atoms with Crippen LogP contribution in [0.1, 0.15) is 21.7 Å². The Bertz CT molecular complexity index is 674. The number of carboxylic acid groups (broad SMARTS) is 1.